The van der Waals surface area contributed by atoms with Crippen molar-refractivity contribution in [2.75, 3.05) is 5.32 Å². The first-order chi connectivity index (χ1) is 9.65. The van der Waals surface area contributed by atoms with Crippen molar-refractivity contribution in [1.29, 1.82) is 0 Å². The number of halogens is 1. The number of aromatic amines is 1. The van der Waals surface area contributed by atoms with Crippen LogP contribution in [0.4, 0.5) is 10.2 Å². The van der Waals surface area contributed by atoms with Gasteiger partial charge in [0.15, 0.2) is 0 Å². The number of hydrogen-bond donors (Lipinski definition) is 2. The number of aryl methyl sites for hydroxylation is 1. The number of carbonyl (C=O) groups excluding carboxylic acids is 1. The zero-order chi connectivity index (χ0) is 14.2. The van der Waals surface area contributed by atoms with Gasteiger partial charge < -0.3 is 5.32 Å². The second-order valence-corrected chi connectivity index (χ2v) is 5.17. The molecule has 0 atom stereocenters. The van der Waals surface area contributed by atoms with E-state index in [0.717, 1.165) is 30.4 Å². The number of nitrogens with zero attached hydrogens (tertiary/aromatic N) is 1. The summed E-state index contributed by atoms with van der Waals surface area (Å²) in [6.45, 7) is 2.01. The van der Waals surface area contributed by atoms with Gasteiger partial charge in [0.05, 0.1) is 11.6 Å². The van der Waals surface area contributed by atoms with Crippen LogP contribution in [0.3, 0.4) is 0 Å². The van der Waals surface area contributed by atoms with Crippen molar-refractivity contribution in [1.82, 2.24) is 10.2 Å². The summed E-state index contributed by atoms with van der Waals surface area (Å²) in [5.41, 5.74) is 1.34. The first kappa shape index (κ1) is 12.8. The van der Waals surface area contributed by atoms with Crippen molar-refractivity contribution in [2.24, 2.45) is 0 Å². The molecule has 1 aromatic heterocycles. The molecule has 20 heavy (non-hydrogen) atoms. The Labute approximate surface area is 116 Å². The Morgan fingerprint density at radius 2 is 2.10 bits per heavy atom. The molecule has 1 aliphatic rings. The van der Waals surface area contributed by atoms with Crippen molar-refractivity contribution in [3.05, 3.63) is 47.4 Å². The quantitative estimate of drug-likeness (QED) is 0.900. The Morgan fingerprint density at radius 1 is 1.40 bits per heavy atom. The fourth-order valence-corrected chi connectivity index (χ4v) is 2.46. The summed E-state index contributed by atoms with van der Waals surface area (Å²) in [5.74, 6) is 0.320. The summed E-state index contributed by atoms with van der Waals surface area (Å²) in [6, 6.07) is 6.18. The lowest BCUT2D eigenvalue weighted by atomic mass is 9.95. The summed E-state index contributed by atoms with van der Waals surface area (Å²) in [4.78, 5) is 12.5. The van der Waals surface area contributed by atoms with E-state index in [1.54, 1.807) is 18.3 Å². The van der Waals surface area contributed by atoms with Crippen LogP contribution in [0.1, 0.15) is 30.9 Å². The summed E-state index contributed by atoms with van der Waals surface area (Å²) < 4.78 is 13.0. The lowest BCUT2D eigenvalue weighted by Crippen LogP contribution is -2.28. The fourth-order valence-electron chi connectivity index (χ4n) is 2.46. The highest BCUT2D eigenvalue weighted by Gasteiger charge is 2.51. The second kappa shape index (κ2) is 4.74. The molecule has 4 nitrogen and oxygen atoms in total. The smallest absolute Gasteiger partial charge is 0.236 e. The maximum absolute atomic E-state index is 13.0. The zero-order valence-electron chi connectivity index (χ0n) is 11.2. The Hall–Kier alpha value is -2.17. The molecule has 1 saturated carbocycles. The normalized spacial score (nSPS) is 15.9. The molecule has 1 heterocycles. The molecule has 0 saturated heterocycles. The van der Waals surface area contributed by atoms with Crippen LogP contribution in [0, 0.1) is 5.82 Å². The standard InChI is InChI=1S/C15H16FN3O/c1-2-10-9-17-19-13(10)18-14(20)15(7-8-15)11-3-5-12(16)6-4-11/h3-6,9H,2,7-8H2,1H3,(H2,17,18,19,20). The van der Waals surface area contributed by atoms with Gasteiger partial charge in [-0.25, -0.2) is 4.39 Å². The van der Waals surface area contributed by atoms with E-state index in [0.29, 0.717) is 5.82 Å². The SMILES string of the molecule is CCc1cn[nH]c1NC(=O)C1(c2ccc(F)cc2)CC1. The first-order valence-electron chi connectivity index (χ1n) is 6.75. The molecule has 1 amide bonds. The number of carbonyl (C=O) groups is 1. The van der Waals surface area contributed by atoms with Crippen LogP contribution < -0.4 is 5.32 Å². The Kier molecular flexibility index (Phi) is 3.04. The number of rotatable bonds is 4. The predicted octanol–water partition coefficient (Wildman–Crippen LogP) is 2.78. The zero-order valence-corrected chi connectivity index (χ0v) is 11.2. The van der Waals surface area contributed by atoms with E-state index in [9.17, 15) is 9.18 Å². The van der Waals surface area contributed by atoms with E-state index in [-0.39, 0.29) is 11.7 Å². The minimum absolute atomic E-state index is 0.0527. The van der Waals surface area contributed by atoms with Gasteiger partial charge in [0, 0.05) is 5.56 Å². The van der Waals surface area contributed by atoms with Crippen LogP contribution in [0.25, 0.3) is 0 Å². The molecule has 104 valence electrons. The largest absolute Gasteiger partial charge is 0.310 e. The number of aromatic nitrogens is 2. The van der Waals surface area contributed by atoms with E-state index >= 15 is 0 Å². The van der Waals surface area contributed by atoms with Crippen molar-refractivity contribution in [2.45, 2.75) is 31.6 Å². The van der Waals surface area contributed by atoms with Crippen molar-refractivity contribution < 1.29 is 9.18 Å². The van der Waals surface area contributed by atoms with Crippen LogP contribution in [-0.2, 0) is 16.6 Å². The van der Waals surface area contributed by atoms with E-state index < -0.39 is 5.41 Å². The van der Waals surface area contributed by atoms with Gasteiger partial charge in [0.25, 0.3) is 0 Å². The molecule has 1 fully saturated rings. The highest BCUT2D eigenvalue weighted by atomic mass is 19.1. The van der Waals surface area contributed by atoms with Gasteiger partial charge in [-0.1, -0.05) is 19.1 Å². The summed E-state index contributed by atoms with van der Waals surface area (Å²) >= 11 is 0. The molecule has 0 bridgehead atoms. The van der Waals surface area contributed by atoms with E-state index in [4.69, 9.17) is 0 Å². The Bertz CT molecular complexity index is 629. The molecule has 3 rings (SSSR count). The number of anilines is 1. The van der Waals surface area contributed by atoms with Crippen LogP contribution in [0.5, 0.6) is 0 Å². The number of nitrogens with one attached hydrogen (secondary N) is 2. The molecule has 0 spiro atoms. The molecule has 2 aromatic rings. The topological polar surface area (TPSA) is 57.8 Å². The highest BCUT2D eigenvalue weighted by molar-refractivity contribution is 6.01. The van der Waals surface area contributed by atoms with Gasteiger partial charge in [-0.2, -0.15) is 5.10 Å². The predicted molar refractivity (Wildman–Crippen MR) is 73.9 cm³/mol. The average Bonchev–Trinajstić information content (AvgIpc) is 3.15. The first-order valence-corrected chi connectivity index (χ1v) is 6.75. The molecule has 0 unspecified atom stereocenters. The monoisotopic (exact) mass is 273 g/mol. The summed E-state index contributed by atoms with van der Waals surface area (Å²) in [6.07, 6.45) is 4.10. The minimum Gasteiger partial charge on any atom is -0.310 e. The van der Waals surface area contributed by atoms with Gasteiger partial charge >= 0.3 is 0 Å². The van der Waals surface area contributed by atoms with Crippen LogP contribution >= 0.6 is 0 Å². The van der Waals surface area contributed by atoms with Crippen LogP contribution in [-0.4, -0.2) is 16.1 Å². The maximum Gasteiger partial charge on any atom is 0.236 e. The summed E-state index contributed by atoms with van der Waals surface area (Å²) in [7, 11) is 0. The van der Waals surface area contributed by atoms with Gasteiger partial charge in [-0.05, 0) is 37.0 Å². The van der Waals surface area contributed by atoms with E-state index in [1.807, 2.05) is 6.92 Å². The second-order valence-electron chi connectivity index (χ2n) is 5.17. The van der Waals surface area contributed by atoms with Crippen molar-refractivity contribution >= 4 is 11.7 Å². The van der Waals surface area contributed by atoms with E-state index in [2.05, 4.69) is 15.5 Å². The molecule has 0 aliphatic heterocycles. The molecular formula is C15H16FN3O. The molecular weight excluding hydrogens is 257 g/mol. The third-order valence-corrected chi connectivity index (χ3v) is 3.92. The number of H-pyrrole nitrogens is 1. The third-order valence-electron chi connectivity index (χ3n) is 3.92. The molecule has 0 radical (unpaired) electrons. The third kappa shape index (κ3) is 2.09. The molecule has 5 heteroatoms. The Morgan fingerprint density at radius 3 is 2.70 bits per heavy atom. The van der Waals surface area contributed by atoms with Crippen molar-refractivity contribution in [3.63, 3.8) is 0 Å². The van der Waals surface area contributed by atoms with Gasteiger partial charge in [-0.3, -0.25) is 9.89 Å². The number of benzene rings is 1. The summed E-state index contributed by atoms with van der Waals surface area (Å²) in [5, 5.41) is 9.66. The van der Waals surface area contributed by atoms with Gasteiger partial charge in [0.2, 0.25) is 5.91 Å². The van der Waals surface area contributed by atoms with Gasteiger partial charge in [-0.15, -0.1) is 0 Å². The van der Waals surface area contributed by atoms with Crippen molar-refractivity contribution in [3.8, 4) is 0 Å². The number of amides is 1. The van der Waals surface area contributed by atoms with Gasteiger partial charge in [0.1, 0.15) is 11.6 Å². The lowest BCUT2D eigenvalue weighted by molar-refractivity contribution is -0.118. The van der Waals surface area contributed by atoms with Crippen LogP contribution in [0.2, 0.25) is 0 Å². The highest BCUT2D eigenvalue weighted by Crippen LogP contribution is 2.49. The Balaban J connectivity index is 1.82. The lowest BCUT2D eigenvalue weighted by Gasteiger charge is -2.15. The maximum atomic E-state index is 13.0. The number of hydrogen-bond acceptors (Lipinski definition) is 2. The van der Waals surface area contributed by atoms with E-state index in [1.165, 1.54) is 12.1 Å². The molecule has 2 N–H and O–H groups in total. The molecule has 1 aliphatic carbocycles. The average molecular weight is 273 g/mol. The van der Waals surface area contributed by atoms with Crippen LogP contribution in [0.15, 0.2) is 30.5 Å². The molecule has 1 aromatic carbocycles. The fraction of sp³-hybridized carbons (Fsp3) is 0.333. The minimum atomic E-state index is -0.510.